The van der Waals surface area contributed by atoms with E-state index in [4.69, 9.17) is 10.5 Å². The molecular weight excluding hydrogens is 196 g/mol. The van der Waals surface area contributed by atoms with Gasteiger partial charge in [0.25, 0.3) is 5.88 Å². The van der Waals surface area contributed by atoms with Crippen molar-refractivity contribution in [3.05, 3.63) is 12.4 Å². The van der Waals surface area contributed by atoms with Crippen LogP contribution in [0.4, 0.5) is 5.82 Å². The Hall–Kier alpha value is -2.18. The van der Waals surface area contributed by atoms with E-state index in [0.717, 1.165) is 0 Å². The SMILES string of the molecule is COc1nc(-c2cn(C)nn2)cnc1N. The summed E-state index contributed by atoms with van der Waals surface area (Å²) in [5.41, 5.74) is 6.75. The number of nitrogens with zero attached hydrogens (tertiary/aromatic N) is 5. The van der Waals surface area contributed by atoms with Crippen molar-refractivity contribution in [2.75, 3.05) is 12.8 Å². The van der Waals surface area contributed by atoms with Crippen LogP contribution in [-0.2, 0) is 7.05 Å². The van der Waals surface area contributed by atoms with E-state index in [0.29, 0.717) is 11.4 Å². The largest absolute Gasteiger partial charge is 0.478 e. The van der Waals surface area contributed by atoms with Crippen LogP contribution in [0.2, 0.25) is 0 Å². The molecule has 0 bridgehead atoms. The summed E-state index contributed by atoms with van der Waals surface area (Å²) in [5.74, 6) is 0.545. The van der Waals surface area contributed by atoms with Gasteiger partial charge >= 0.3 is 0 Å². The Morgan fingerprint density at radius 3 is 2.80 bits per heavy atom. The van der Waals surface area contributed by atoms with Crippen molar-refractivity contribution < 1.29 is 4.74 Å². The van der Waals surface area contributed by atoms with Crippen LogP contribution in [0.1, 0.15) is 0 Å². The number of nitrogen functional groups attached to an aromatic ring is 1. The zero-order valence-corrected chi connectivity index (χ0v) is 8.38. The lowest BCUT2D eigenvalue weighted by atomic mass is 10.3. The van der Waals surface area contributed by atoms with Crippen LogP contribution in [0.25, 0.3) is 11.4 Å². The Balaban J connectivity index is 2.45. The molecule has 15 heavy (non-hydrogen) atoms. The molecule has 78 valence electrons. The highest BCUT2D eigenvalue weighted by Crippen LogP contribution is 2.19. The average Bonchev–Trinajstić information content (AvgIpc) is 2.66. The van der Waals surface area contributed by atoms with Crippen LogP contribution in [-0.4, -0.2) is 32.1 Å². The molecule has 2 rings (SSSR count). The maximum atomic E-state index is 5.54. The standard InChI is InChI=1S/C8H10N6O/c1-14-4-6(12-13-14)5-3-10-7(9)8(11-5)15-2/h3-4H,1-2H3,(H2,9,10). The number of methoxy groups -OCH3 is 1. The highest BCUT2D eigenvalue weighted by Gasteiger charge is 2.08. The Kier molecular flexibility index (Phi) is 2.20. The summed E-state index contributed by atoms with van der Waals surface area (Å²) in [7, 11) is 3.26. The molecule has 0 aliphatic rings. The molecular formula is C8H10N6O. The summed E-state index contributed by atoms with van der Waals surface area (Å²) in [6.07, 6.45) is 3.27. The molecule has 0 radical (unpaired) electrons. The Morgan fingerprint density at radius 1 is 1.40 bits per heavy atom. The fourth-order valence-corrected chi connectivity index (χ4v) is 1.12. The van der Waals surface area contributed by atoms with Crippen molar-refractivity contribution in [1.29, 1.82) is 0 Å². The highest BCUT2D eigenvalue weighted by atomic mass is 16.5. The van der Waals surface area contributed by atoms with Gasteiger partial charge in [0.2, 0.25) is 0 Å². The number of aromatic nitrogens is 5. The van der Waals surface area contributed by atoms with E-state index in [1.165, 1.54) is 13.3 Å². The Bertz CT molecular complexity index is 480. The number of hydrogen-bond donors (Lipinski definition) is 1. The van der Waals surface area contributed by atoms with E-state index in [1.807, 2.05) is 0 Å². The van der Waals surface area contributed by atoms with Crippen molar-refractivity contribution in [2.24, 2.45) is 7.05 Å². The molecule has 2 N–H and O–H groups in total. The minimum absolute atomic E-state index is 0.255. The van der Waals surface area contributed by atoms with E-state index >= 15 is 0 Å². The van der Waals surface area contributed by atoms with Crippen molar-refractivity contribution in [1.82, 2.24) is 25.0 Å². The number of anilines is 1. The molecule has 0 aliphatic heterocycles. The van der Waals surface area contributed by atoms with Crippen LogP contribution >= 0.6 is 0 Å². The number of hydrogen-bond acceptors (Lipinski definition) is 6. The number of ether oxygens (including phenoxy) is 1. The molecule has 0 fully saturated rings. The van der Waals surface area contributed by atoms with Crippen LogP contribution < -0.4 is 10.5 Å². The van der Waals surface area contributed by atoms with Gasteiger partial charge in [0, 0.05) is 7.05 Å². The first kappa shape index (κ1) is 9.38. The third-order valence-corrected chi connectivity index (χ3v) is 1.83. The number of nitrogens with two attached hydrogens (primary N) is 1. The smallest absolute Gasteiger partial charge is 0.257 e. The first-order chi connectivity index (χ1) is 7.20. The Morgan fingerprint density at radius 2 is 2.20 bits per heavy atom. The normalized spacial score (nSPS) is 10.3. The topological polar surface area (TPSA) is 91.7 Å². The van der Waals surface area contributed by atoms with Crippen molar-refractivity contribution >= 4 is 5.82 Å². The fraction of sp³-hybridized carbons (Fsp3) is 0.250. The van der Waals surface area contributed by atoms with Gasteiger partial charge in [-0.05, 0) is 0 Å². The van der Waals surface area contributed by atoms with Crippen LogP contribution in [0.3, 0.4) is 0 Å². The van der Waals surface area contributed by atoms with E-state index < -0.39 is 0 Å². The zero-order valence-electron chi connectivity index (χ0n) is 8.38. The minimum Gasteiger partial charge on any atom is -0.478 e. The van der Waals surface area contributed by atoms with Gasteiger partial charge in [0.05, 0.1) is 19.5 Å². The monoisotopic (exact) mass is 206 g/mol. The summed E-state index contributed by atoms with van der Waals surface area (Å²) in [4.78, 5) is 8.10. The second-order valence-corrected chi connectivity index (χ2v) is 2.93. The van der Waals surface area contributed by atoms with Gasteiger partial charge in [-0.2, -0.15) is 0 Å². The summed E-state index contributed by atoms with van der Waals surface area (Å²) in [6, 6.07) is 0. The van der Waals surface area contributed by atoms with E-state index in [-0.39, 0.29) is 11.7 Å². The van der Waals surface area contributed by atoms with Gasteiger partial charge in [0.15, 0.2) is 5.82 Å². The van der Waals surface area contributed by atoms with Crippen molar-refractivity contribution in [3.8, 4) is 17.3 Å². The highest BCUT2D eigenvalue weighted by molar-refractivity contribution is 5.55. The molecule has 0 aliphatic carbocycles. The van der Waals surface area contributed by atoms with E-state index in [2.05, 4.69) is 20.3 Å². The molecule has 0 unspecified atom stereocenters. The maximum Gasteiger partial charge on any atom is 0.257 e. The van der Waals surface area contributed by atoms with Gasteiger partial charge in [-0.3, -0.25) is 4.68 Å². The third kappa shape index (κ3) is 1.71. The van der Waals surface area contributed by atoms with Gasteiger partial charge in [0.1, 0.15) is 11.4 Å². The molecule has 0 saturated carbocycles. The molecule has 2 heterocycles. The summed E-state index contributed by atoms with van der Waals surface area (Å²) in [6.45, 7) is 0. The maximum absolute atomic E-state index is 5.54. The number of rotatable bonds is 2. The molecule has 2 aromatic heterocycles. The van der Waals surface area contributed by atoms with Crippen molar-refractivity contribution in [3.63, 3.8) is 0 Å². The molecule has 0 aromatic carbocycles. The van der Waals surface area contributed by atoms with Crippen LogP contribution in [0.5, 0.6) is 5.88 Å². The number of aryl methyl sites for hydroxylation is 1. The van der Waals surface area contributed by atoms with Crippen LogP contribution in [0.15, 0.2) is 12.4 Å². The molecule has 0 atom stereocenters. The lowest BCUT2D eigenvalue weighted by Gasteiger charge is -2.02. The molecule has 7 nitrogen and oxygen atoms in total. The van der Waals surface area contributed by atoms with E-state index in [1.54, 1.807) is 17.9 Å². The molecule has 0 spiro atoms. The summed E-state index contributed by atoms with van der Waals surface area (Å²) >= 11 is 0. The Labute approximate surface area is 85.9 Å². The summed E-state index contributed by atoms with van der Waals surface area (Å²) < 4.78 is 6.54. The average molecular weight is 206 g/mol. The van der Waals surface area contributed by atoms with Crippen molar-refractivity contribution in [2.45, 2.75) is 0 Å². The van der Waals surface area contributed by atoms with Gasteiger partial charge in [-0.25, -0.2) is 9.97 Å². The second kappa shape index (κ2) is 3.52. The minimum atomic E-state index is 0.255. The van der Waals surface area contributed by atoms with Gasteiger partial charge in [-0.15, -0.1) is 5.10 Å². The molecule has 7 heteroatoms. The van der Waals surface area contributed by atoms with Gasteiger partial charge < -0.3 is 10.5 Å². The second-order valence-electron chi connectivity index (χ2n) is 2.93. The first-order valence-electron chi connectivity index (χ1n) is 4.24. The molecule has 2 aromatic rings. The fourth-order valence-electron chi connectivity index (χ4n) is 1.12. The van der Waals surface area contributed by atoms with Crippen LogP contribution in [0, 0.1) is 0 Å². The van der Waals surface area contributed by atoms with E-state index in [9.17, 15) is 0 Å². The zero-order chi connectivity index (χ0) is 10.8. The predicted octanol–water partition coefficient (Wildman–Crippen LogP) is -0.137. The molecule has 0 amide bonds. The quantitative estimate of drug-likeness (QED) is 0.735. The molecule has 0 saturated heterocycles. The first-order valence-corrected chi connectivity index (χ1v) is 4.24. The summed E-state index contributed by atoms with van der Waals surface area (Å²) in [5, 5.41) is 7.70. The predicted molar refractivity (Wildman–Crippen MR) is 53.0 cm³/mol. The van der Waals surface area contributed by atoms with Gasteiger partial charge in [-0.1, -0.05) is 5.21 Å². The lowest BCUT2D eigenvalue weighted by Crippen LogP contribution is -1.99. The lowest BCUT2D eigenvalue weighted by molar-refractivity contribution is 0.399. The third-order valence-electron chi connectivity index (χ3n) is 1.83.